The van der Waals surface area contributed by atoms with Gasteiger partial charge < -0.3 is 5.73 Å². The summed E-state index contributed by atoms with van der Waals surface area (Å²) in [6, 6.07) is 0. The largest absolute Gasteiger partial charge is 0.330 e. The van der Waals surface area contributed by atoms with E-state index in [1.807, 2.05) is 0 Å². The third-order valence-corrected chi connectivity index (χ3v) is 2.70. The minimum absolute atomic E-state index is 0.846. The van der Waals surface area contributed by atoms with E-state index in [2.05, 4.69) is 17.9 Å². The summed E-state index contributed by atoms with van der Waals surface area (Å²) < 4.78 is 0. The Morgan fingerprint density at radius 3 is 2.85 bits per heavy atom. The minimum Gasteiger partial charge on any atom is -0.330 e. The summed E-state index contributed by atoms with van der Waals surface area (Å²) >= 11 is 0. The Morgan fingerprint density at radius 2 is 2.23 bits per heavy atom. The van der Waals surface area contributed by atoms with Gasteiger partial charge in [-0.1, -0.05) is 18.1 Å². The lowest BCUT2D eigenvalue weighted by Gasteiger charge is -2.24. The van der Waals surface area contributed by atoms with Gasteiger partial charge in [0.25, 0.3) is 0 Å². The molecule has 0 spiro atoms. The highest BCUT2D eigenvalue weighted by atomic mass is 15.1. The Labute approximate surface area is 81.8 Å². The van der Waals surface area contributed by atoms with Gasteiger partial charge in [-0.15, -0.1) is 0 Å². The van der Waals surface area contributed by atoms with Crippen molar-refractivity contribution in [2.45, 2.75) is 32.6 Å². The smallest absolute Gasteiger partial charge is 0.0165 e. The molecule has 0 bridgehead atoms. The van der Waals surface area contributed by atoms with Crippen LogP contribution >= 0.6 is 0 Å². The molecule has 2 nitrogen and oxygen atoms in total. The lowest BCUT2D eigenvalue weighted by Crippen LogP contribution is -2.29. The zero-order chi connectivity index (χ0) is 9.52. The first-order valence-corrected chi connectivity index (χ1v) is 5.41. The monoisotopic (exact) mass is 182 g/mol. The van der Waals surface area contributed by atoms with Gasteiger partial charge in [0, 0.05) is 13.1 Å². The minimum atomic E-state index is 0.846. The molecule has 1 aliphatic rings. The van der Waals surface area contributed by atoms with E-state index in [0.29, 0.717) is 0 Å². The van der Waals surface area contributed by atoms with E-state index >= 15 is 0 Å². The molecule has 13 heavy (non-hydrogen) atoms. The summed E-state index contributed by atoms with van der Waals surface area (Å²) in [5, 5.41) is 0. The number of unbranched alkanes of at least 4 members (excludes halogenated alkanes) is 2. The molecule has 0 amide bonds. The van der Waals surface area contributed by atoms with Crippen molar-refractivity contribution in [1.82, 2.24) is 4.90 Å². The van der Waals surface area contributed by atoms with Gasteiger partial charge in [-0.3, -0.25) is 4.90 Å². The predicted octanol–water partition coefficient (Wildman–Crippen LogP) is 1.77. The van der Waals surface area contributed by atoms with Gasteiger partial charge in [-0.2, -0.15) is 0 Å². The third-order valence-electron chi connectivity index (χ3n) is 2.70. The van der Waals surface area contributed by atoms with Crippen LogP contribution in [0.4, 0.5) is 0 Å². The van der Waals surface area contributed by atoms with Crippen LogP contribution in [0.5, 0.6) is 0 Å². The number of hydrogen-bond donors (Lipinski definition) is 1. The van der Waals surface area contributed by atoms with Crippen molar-refractivity contribution in [3.8, 4) is 0 Å². The van der Waals surface area contributed by atoms with Gasteiger partial charge in [0.2, 0.25) is 0 Å². The maximum atomic E-state index is 5.44. The first-order chi connectivity index (χ1) is 6.33. The highest BCUT2D eigenvalue weighted by molar-refractivity contribution is 5.03. The van der Waals surface area contributed by atoms with E-state index in [-0.39, 0.29) is 0 Å². The van der Waals surface area contributed by atoms with Gasteiger partial charge in [-0.25, -0.2) is 0 Å². The van der Waals surface area contributed by atoms with E-state index in [0.717, 1.165) is 13.1 Å². The van der Waals surface area contributed by atoms with E-state index in [1.54, 1.807) is 5.57 Å². The molecule has 0 aliphatic carbocycles. The zero-order valence-electron chi connectivity index (χ0n) is 8.76. The lowest BCUT2D eigenvalue weighted by molar-refractivity contribution is 0.287. The molecule has 0 atom stereocenters. The molecule has 2 heteroatoms. The second-order valence-corrected chi connectivity index (χ2v) is 3.95. The second-order valence-electron chi connectivity index (χ2n) is 3.95. The molecule has 1 rings (SSSR count). The van der Waals surface area contributed by atoms with Crippen LogP contribution in [0, 0.1) is 0 Å². The van der Waals surface area contributed by atoms with Crippen LogP contribution in [0.3, 0.4) is 0 Å². The molecule has 1 heterocycles. The van der Waals surface area contributed by atoms with Crippen molar-refractivity contribution in [3.05, 3.63) is 11.6 Å². The van der Waals surface area contributed by atoms with Gasteiger partial charge in [-0.05, 0) is 39.3 Å². The molecule has 0 aromatic rings. The van der Waals surface area contributed by atoms with Crippen LogP contribution in [0.2, 0.25) is 0 Å². The molecule has 0 aromatic heterocycles. The van der Waals surface area contributed by atoms with Gasteiger partial charge in [0.1, 0.15) is 0 Å². The number of nitrogens with zero attached hydrogens (tertiary/aromatic N) is 1. The van der Waals surface area contributed by atoms with Crippen molar-refractivity contribution >= 4 is 0 Å². The summed E-state index contributed by atoms with van der Waals surface area (Å²) in [7, 11) is 0. The lowest BCUT2D eigenvalue weighted by atomic mass is 10.1. The van der Waals surface area contributed by atoms with Crippen LogP contribution in [-0.2, 0) is 0 Å². The fraction of sp³-hybridized carbons (Fsp3) is 0.818. The van der Waals surface area contributed by atoms with Crippen molar-refractivity contribution in [1.29, 1.82) is 0 Å². The SMILES string of the molecule is CC1=CCN(CCCCCN)CC1. The summed E-state index contributed by atoms with van der Waals surface area (Å²) in [6.07, 6.45) is 7.39. The number of nitrogens with two attached hydrogens (primary N) is 1. The van der Waals surface area contributed by atoms with E-state index in [9.17, 15) is 0 Å². The average molecular weight is 182 g/mol. The summed E-state index contributed by atoms with van der Waals surface area (Å²) in [4.78, 5) is 2.53. The first kappa shape index (κ1) is 10.7. The Kier molecular flexibility index (Phi) is 5.09. The Balaban J connectivity index is 2.03. The normalized spacial score (nSPS) is 18.8. The molecule has 0 radical (unpaired) electrons. The van der Waals surface area contributed by atoms with Crippen molar-refractivity contribution in [2.24, 2.45) is 5.73 Å². The molecule has 1 aliphatic heterocycles. The molecule has 0 saturated carbocycles. The third kappa shape index (κ3) is 4.44. The van der Waals surface area contributed by atoms with Crippen LogP contribution in [0.25, 0.3) is 0 Å². The van der Waals surface area contributed by atoms with Crippen molar-refractivity contribution in [3.63, 3.8) is 0 Å². The number of rotatable bonds is 5. The first-order valence-electron chi connectivity index (χ1n) is 5.41. The summed E-state index contributed by atoms with van der Waals surface area (Å²) in [5.41, 5.74) is 7.00. The highest BCUT2D eigenvalue weighted by Crippen LogP contribution is 2.10. The highest BCUT2D eigenvalue weighted by Gasteiger charge is 2.07. The fourth-order valence-corrected chi connectivity index (χ4v) is 1.67. The van der Waals surface area contributed by atoms with Crippen molar-refractivity contribution in [2.75, 3.05) is 26.2 Å². The maximum Gasteiger partial charge on any atom is 0.0165 e. The maximum absolute atomic E-state index is 5.44. The van der Waals surface area contributed by atoms with Gasteiger partial charge in [0.15, 0.2) is 0 Å². The Morgan fingerprint density at radius 1 is 1.38 bits per heavy atom. The van der Waals surface area contributed by atoms with Gasteiger partial charge >= 0.3 is 0 Å². The van der Waals surface area contributed by atoms with Crippen molar-refractivity contribution < 1.29 is 0 Å². The molecular weight excluding hydrogens is 160 g/mol. The van der Waals surface area contributed by atoms with E-state index in [1.165, 1.54) is 38.8 Å². The molecule has 2 N–H and O–H groups in total. The molecule has 0 aromatic carbocycles. The topological polar surface area (TPSA) is 29.3 Å². The number of hydrogen-bond acceptors (Lipinski definition) is 2. The van der Waals surface area contributed by atoms with E-state index < -0.39 is 0 Å². The Hall–Kier alpha value is -0.340. The molecular formula is C11H22N2. The predicted molar refractivity (Wildman–Crippen MR) is 57.7 cm³/mol. The molecule has 76 valence electrons. The van der Waals surface area contributed by atoms with E-state index in [4.69, 9.17) is 5.73 Å². The molecule has 0 saturated heterocycles. The summed E-state index contributed by atoms with van der Waals surface area (Å²) in [5.74, 6) is 0. The Bertz CT molecular complexity index is 163. The van der Waals surface area contributed by atoms with Crippen LogP contribution in [0.1, 0.15) is 32.6 Å². The fourth-order valence-electron chi connectivity index (χ4n) is 1.67. The standard InChI is InChI=1S/C11H22N2/c1-11-5-9-13(10-6-11)8-4-2-3-7-12/h5H,2-4,6-10,12H2,1H3. The van der Waals surface area contributed by atoms with Crippen LogP contribution in [-0.4, -0.2) is 31.1 Å². The summed E-state index contributed by atoms with van der Waals surface area (Å²) in [6.45, 7) is 6.74. The molecule has 0 unspecified atom stereocenters. The van der Waals surface area contributed by atoms with Crippen LogP contribution < -0.4 is 5.73 Å². The van der Waals surface area contributed by atoms with Gasteiger partial charge in [0.05, 0.1) is 0 Å². The molecule has 0 fully saturated rings. The quantitative estimate of drug-likeness (QED) is 0.518. The zero-order valence-corrected chi connectivity index (χ0v) is 8.76. The van der Waals surface area contributed by atoms with Crippen LogP contribution in [0.15, 0.2) is 11.6 Å². The average Bonchev–Trinajstić information content (AvgIpc) is 2.15. The second kappa shape index (κ2) is 6.17.